The van der Waals surface area contributed by atoms with Gasteiger partial charge in [-0.15, -0.1) is 0 Å². The number of carbonyl (C=O) groups is 2. The minimum Gasteiger partial charge on any atom is -0.372 e. The first-order valence-electron chi connectivity index (χ1n) is 9.27. The number of hydrogen-bond acceptors (Lipinski definition) is 3. The zero-order valence-electron chi connectivity index (χ0n) is 15.7. The summed E-state index contributed by atoms with van der Waals surface area (Å²) >= 11 is 0. The number of anilines is 2. The number of quaternary nitrogens is 1. The van der Waals surface area contributed by atoms with E-state index >= 15 is 0 Å². The van der Waals surface area contributed by atoms with Gasteiger partial charge in [0.15, 0.2) is 13.1 Å². The van der Waals surface area contributed by atoms with Gasteiger partial charge < -0.3 is 20.0 Å². The number of nitrogens with zero attached hydrogens (tertiary/aromatic N) is 2. The Morgan fingerprint density at radius 2 is 1.68 bits per heavy atom. The fourth-order valence-corrected chi connectivity index (χ4v) is 3.22. The van der Waals surface area contributed by atoms with Crippen LogP contribution >= 0.6 is 0 Å². The van der Waals surface area contributed by atoms with E-state index in [4.69, 9.17) is 0 Å². The van der Waals surface area contributed by atoms with Gasteiger partial charge in [0.25, 0.3) is 11.8 Å². The third kappa shape index (κ3) is 5.74. The highest BCUT2D eigenvalue weighted by atomic mass is 16.2. The molecule has 1 aromatic carbocycles. The van der Waals surface area contributed by atoms with E-state index in [1.54, 1.807) is 4.90 Å². The number of likely N-dealkylation sites (N-methyl/N-ethyl adjacent to an activating group) is 2. The molecule has 138 valence electrons. The van der Waals surface area contributed by atoms with Crippen molar-refractivity contribution in [3.05, 3.63) is 24.3 Å². The standard InChI is InChI=1S/C19H30N4O2/c1-4-22(5-2)19(25)15-21(3)14-18(24)20-16-8-10-17(11-9-16)23-12-6-7-13-23/h8-11H,4-7,12-15H2,1-3H3,(H,20,24)/p+1. The van der Waals surface area contributed by atoms with Gasteiger partial charge >= 0.3 is 0 Å². The Labute approximate surface area is 150 Å². The smallest absolute Gasteiger partial charge is 0.279 e. The summed E-state index contributed by atoms with van der Waals surface area (Å²) in [6.45, 7) is 8.19. The van der Waals surface area contributed by atoms with Crippen molar-refractivity contribution in [1.29, 1.82) is 0 Å². The van der Waals surface area contributed by atoms with E-state index in [0.717, 1.165) is 23.7 Å². The lowest BCUT2D eigenvalue weighted by atomic mass is 10.2. The molecule has 1 aromatic rings. The average Bonchev–Trinajstić information content (AvgIpc) is 3.10. The molecule has 2 amide bonds. The van der Waals surface area contributed by atoms with Crippen molar-refractivity contribution in [2.45, 2.75) is 26.7 Å². The predicted octanol–water partition coefficient (Wildman–Crippen LogP) is 0.608. The molecule has 1 fully saturated rings. The topological polar surface area (TPSA) is 57.1 Å². The molecule has 1 aliphatic rings. The summed E-state index contributed by atoms with van der Waals surface area (Å²) in [5, 5.41) is 2.92. The molecular weight excluding hydrogens is 316 g/mol. The molecule has 0 aromatic heterocycles. The summed E-state index contributed by atoms with van der Waals surface area (Å²) in [6, 6.07) is 8.01. The Kier molecular flexibility index (Phi) is 7.25. The van der Waals surface area contributed by atoms with Crippen LogP contribution in [0.2, 0.25) is 0 Å². The van der Waals surface area contributed by atoms with Crippen LogP contribution < -0.4 is 15.1 Å². The maximum absolute atomic E-state index is 12.2. The monoisotopic (exact) mass is 347 g/mol. The first-order chi connectivity index (χ1) is 12.0. The zero-order valence-corrected chi connectivity index (χ0v) is 15.7. The minimum atomic E-state index is -0.0706. The molecule has 1 atom stereocenters. The highest BCUT2D eigenvalue weighted by Crippen LogP contribution is 2.21. The van der Waals surface area contributed by atoms with E-state index in [2.05, 4.69) is 22.3 Å². The van der Waals surface area contributed by atoms with Gasteiger partial charge in [-0.1, -0.05) is 0 Å². The summed E-state index contributed by atoms with van der Waals surface area (Å²) in [5.41, 5.74) is 2.01. The summed E-state index contributed by atoms with van der Waals surface area (Å²) in [4.78, 5) is 29.3. The number of carbonyl (C=O) groups excluding carboxylic acids is 2. The molecule has 1 unspecified atom stereocenters. The predicted molar refractivity (Wildman–Crippen MR) is 101 cm³/mol. The van der Waals surface area contributed by atoms with Gasteiger partial charge in [0.1, 0.15) is 0 Å². The van der Waals surface area contributed by atoms with Gasteiger partial charge in [0.2, 0.25) is 0 Å². The van der Waals surface area contributed by atoms with E-state index in [-0.39, 0.29) is 18.4 Å². The fraction of sp³-hybridized carbons (Fsp3) is 0.579. The van der Waals surface area contributed by atoms with Crippen molar-refractivity contribution in [1.82, 2.24) is 4.90 Å². The highest BCUT2D eigenvalue weighted by Gasteiger charge is 2.18. The van der Waals surface area contributed by atoms with Crippen molar-refractivity contribution in [3.8, 4) is 0 Å². The second kappa shape index (κ2) is 9.42. The molecule has 0 radical (unpaired) electrons. The van der Waals surface area contributed by atoms with Gasteiger partial charge in [-0.2, -0.15) is 0 Å². The van der Waals surface area contributed by atoms with Gasteiger partial charge in [0.05, 0.1) is 7.05 Å². The van der Waals surface area contributed by atoms with Gasteiger partial charge in [-0.25, -0.2) is 0 Å². The van der Waals surface area contributed by atoms with Crippen molar-refractivity contribution >= 4 is 23.2 Å². The summed E-state index contributed by atoms with van der Waals surface area (Å²) in [6.07, 6.45) is 2.50. The van der Waals surface area contributed by atoms with Crippen molar-refractivity contribution < 1.29 is 14.5 Å². The lowest BCUT2D eigenvalue weighted by molar-refractivity contribution is -0.862. The first-order valence-corrected chi connectivity index (χ1v) is 9.27. The third-order valence-electron chi connectivity index (χ3n) is 4.65. The van der Waals surface area contributed by atoms with Crippen molar-refractivity contribution in [3.63, 3.8) is 0 Å². The number of amides is 2. The van der Waals surface area contributed by atoms with Crippen LogP contribution in [0.5, 0.6) is 0 Å². The Morgan fingerprint density at radius 1 is 1.08 bits per heavy atom. The van der Waals surface area contributed by atoms with Crippen LogP contribution in [0.3, 0.4) is 0 Å². The van der Waals surface area contributed by atoms with E-state index in [0.29, 0.717) is 19.6 Å². The summed E-state index contributed by atoms with van der Waals surface area (Å²) < 4.78 is 0. The van der Waals surface area contributed by atoms with Crippen molar-refractivity contribution in [2.75, 3.05) is 56.5 Å². The summed E-state index contributed by atoms with van der Waals surface area (Å²) in [7, 11) is 1.87. The second-order valence-electron chi connectivity index (χ2n) is 6.67. The second-order valence-corrected chi connectivity index (χ2v) is 6.67. The zero-order chi connectivity index (χ0) is 18.2. The largest absolute Gasteiger partial charge is 0.372 e. The molecule has 1 saturated heterocycles. The van der Waals surface area contributed by atoms with Crippen LogP contribution in [0.4, 0.5) is 11.4 Å². The van der Waals surface area contributed by atoms with Gasteiger partial charge in [-0.3, -0.25) is 9.59 Å². The molecule has 6 nitrogen and oxygen atoms in total. The molecule has 25 heavy (non-hydrogen) atoms. The van der Waals surface area contributed by atoms with Crippen LogP contribution in [0.25, 0.3) is 0 Å². The number of rotatable bonds is 8. The van der Waals surface area contributed by atoms with Crippen molar-refractivity contribution in [2.24, 2.45) is 0 Å². The normalized spacial score (nSPS) is 15.1. The molecule has 0 saturated carbocycles. The van der Waals surface area contributed by atoms with Crippen LogP contribution in [0.15, 0.2) is 24.3 Å². The Balaban J connectivity index is 1.80. The molecule has 1 heterocycles. The SMILES string of the molecule is CCN(CC)C(=O)C[NH+](C)CC(=O)Nc1ccc(N2CCCC2)cc1. The van der Waals surface area contributed by atoms with Gasteiger partial charge in [-0.05, 0) is 51.0 Å². The number of hydrogen-bond donors (Lipinski definition) is 2. The number of benzene rings is 1. The maximum atomic E-state index is 12.2. The lowest BCUT2D eigenvalue weighted by Crippen LogP contribution is -3.11. The minimum absolute atomic E-state index is 0.0706. The molecule has 0 bridgehead atoms. The molecule has 2 rings (SSSR count). The fourth-order valence-electron chi connectivity index (χ4n) is 3.22. The van der Waals surface area contributed by atoms with Crippen LogP contribution in [0.1, 0.15) is 26.7 Å². The Morgan fingerprint density at radius 3 is 2.24 bits per heavy atom. The quantitative estimate of drug-likeness (QED) is 0.724. The molecule has 2 N–H and O–H groups in total. The molecule has 0 aliphatic carbocycles. The van der Waals surface area contributed by atoms with E-state index < -0.39 is 0 Å². The first kappa shape index (κ1) is 19.2. The summed E-state index contributed by atoms with van der Waals surface area (Å²) in [5.74, 6) is 0.0176. The van der Waals surface area contributed by atoms with Crippen LogP contribution in [-0.2, 0) is 9.59 Å². The average molecular weight is 347 g/mol. The lowest BCUT2D eigenvalue weighted by Gasteiger charge is -2.21. The highest BCUT2D eigenvalue weighted by molar-refractivity contribution is 5.91. The molecular formula is C19H31N4O2+. The third-order valence-corrected chi connectivity index (χ3v) is 4.65. The van der Waals surface area contributed by atoms with Crippen LogP contribution in [-0.4, -0.2) is 63.0 Å². The van der Waals surface area contributed by atoms with Gasteiger partial charge in [0, 0.05) is 37.6 Å². The number of nitrogens with one attached hydrogen (secondary N) is 2. The van der Waals surface area contributed by atoms with E-state index in [9.17, 15) is 9.59 Å². The Bertz CT molecular complexity index is 563. The Hall–Kier alpha value is -2.08. The molecule has 6 heteroatoms. The van der Waals surface area contributed by atoms with E-state index in [1.165, 1.54) is 18.5 Å². The van der Waals surface area contributed by atoms with E-state index in [1.807, 2.05) is 33.0 Å². The van der Waals surface area contributed by atoms with Crippen LogP contribution in [0, 0.1) is 0 Å². The maximum Gasteiger partial charge on any atom is 0.279 e. The molecule has 1 aliphatic heterocycles. The molecule has 0 spiro atoms.